The molecule has 2 aromatic heterocycles. The van der Waals surface area contributed by atoms with Crippen LogP contribution in [0.2, 0.25) is 0 Å². The van der Waals surface area contributed by atoms with Crippen LogP contribution in [0, 0.1) is 0 Å². The van der Waals surface area contributed by atoms with E-state index in [-0.39, 0.29) is 17.5 Å². The molecule has 1 fully saturated rings. The van der Waals surface area contributed by atoms with Crippen LogP contribution in [0.3, 0.4) is 0 Å². The summed E-state index contributed by atoms with van der Waals surface area (Å²) in [4.78, 5) is 30.3. The smallest absolute Gasteiger partial charge is 0.280 e. The molecule has 0 saturated heterocycles. The number of carbonyl (C=O) groups excluding carboxylic acids is 1. The summed E-state index contributed by atoms with van der Waals surface area (Å²) in [6, 6.07) is 22.1. The van der Waals surface area contributed by atoms with Crippen LogP contribution in [0.15, 0.2) is 76.4 Å². The van der Waals surface area contributed by atoms with Gasteiger partial charge in [-0.25, -0.2) is 0 Å². The number of nitrogens with zero attached hydrogens (tertiary/aromatic N) is 4. The zero-order valence-electron chi connectivity index (χ0n) is 18.9. The highest BCUT2D eigenvalue weighted by Gasteiger charge is 2.38. The fourth-order valence-corrected chi connectivity index (χ4v) is 6.10. The van der Waals surface area contributed by atoms with Crippen molar-refractivity contribution in [2.45, 2.75) is 55.5 Å². The molecule has 0 radical (unpaired) electrons. The van der Waals surface area contributed by atoms with E-state index in [0.717, 1.165) is 41.8 Å². The number of amides is 1. The minimum Gasteiger partial charge on any atom is -0.330 e. The second-order valence-corrected chi connectivity index (χ2v) is 10.1. The minimum absolute atomic E-state index is 0.0161. The van der Waals surface area contributed by atoms with Crippen LogP contribution in [0.25, 0.3) is 16.9 Å². The number of thioether (sulfide) groups is 1. The van der Waals surface area contributed by atoms with E-state index >= 15 is 0 Å². The maximum atomic E-state index is 13.7. The number of fused-ring (bicyclic) bond motifs is 2. The number of aromatic nitrogens is 3. The van der Waals surface area contributed by atoms with E-state index in [2.05, 4.69) is 17.2 Å². The van der Waals surface area contributed by atoms with E-state index in [4.69, 9.17) is 0 Å². The van der Waals surface area contributed by atoms with Crippen LogP contribution < -0.4 is 5.56 Å². The third kappa shape index (κ3) is 3.64. The standard InChI is InChI=1S/C27H26N4O2S/c32-26-22-17-29(20-12-6-2-7-13-20)27(33)25(22)30(18-34-21-14-8-3-9-15-21)24-16-23(28-31(24)26)19-10-4-1-5-11-19/h1,3-5,8-11,14-16,20H,2,6-7,12-13,17-18H2. The number of hydrogen-bond donors (Lipinski definition) is 0. The van der Waals surface area contributed by atoms with E-state index in [9.17, 15) is 9.59 Å². The zero-order valence-corrected chi connectivity index (χ0v) is 19.7. The van der Waals surface area contributed by atoms with Crippen LogP contribution in [-0.4, -0.2) is 31.0 Å². The molecule has 6 rings (SSSR count). The van der Waals surface area contributed by atoms with Crippen molar-refractivity contribution in [3.8, 4) is 11.3 Å². The summed E-state index contributed by atoms with van der Waals surface area (Å²) in [7, 11) is 0. The first kappa shape index (κ1) is 21.2. The van der Waals surface area contributed by atoms with E-state index in [0.29, 0.717) is 29.3 Å². The van der Waals surface area contributed by atoms with Gasteiger partial charge >= 0.3 is 0 Å². The van der Waals surface area contributed by atoms with Crippen molar-refractivity contribution in [1.82, 2.24) is 19.1 Å². The molecule has 7 heteroatoms. The van der Waals surface area contributed by atoms with Gasteiger partial charge in [-0.05, 0) is 25.0 Å². The van der Waals surface area contributed by atoms with E-state index in [1.165, 1.54) is 10.9 Å². The van der Waals surface area contributed by atoms with Gasteiger partial charge in [0.05, 0.1) is 23.7 Å². The fourth-order valence-electron chi connectivity index (χ4n) is 5.21. The Bertz CT molecular complexity index is 1410. The average Bonchev–Trinajstić information content (AvgIpc) is 3.49. The van der Waals surface area contributed by atoms with Crippen molar-refractivity contribution in [2.24, 2.45) is 0 Å². The zero-order chi connectivity index (χ0) is 23.1. The SMILES string of the molecule is O=C1c2c(c(=O)n3nc(-c4ccccc4)cc3n2CSc2ccccc2)CN1C1CCCCC1. The van der Waals surface area contributed by atoms with Crippen LogP contribution in [0.5, 0.6) is 0 Å². The molecule has 2 aromatic carbocycles. The molecule has 1 aliphatic heterocycles. The van der Waals surface area contributed by atoms with Gasteiger partial charge in [-0.2, -0.15) is 9.61 Å². The second-order valence-electron chi connectivity index (χ2n) is 9.04. The molecular formula is C27H26N4O2S. The van der Waals surface area contributed by atoms with Gasteiger partial charge in [0.25, 0.3) is 11.5 Å². The lowest BCUT2D eigenvalue weighted by Gasteiger charge is -2.30. The Hall–Kier alpha value is -3.32. The first-order chi connectivity index (χ1) is 16.7. The molecule has 1 amide bonds. The quantitative estimate of drug-likeness (QED) is 0.376. The van der Waals surface area contributed by atoms with Gasteiger partial charge in [-0.1, -0.05) is 67.8 Å². The third-order valence-corrected chi connectivity index (χ3v) is 7.95. The highest BCUT2D eigenvalue weighted by atomic mass is 32.2. The highest BCUT2D eigenvalue weighted by Crippen LogP contribution is 2.32. The fraction of sp³-hybridized carbons (Fsp3) is 0.296. The van der Waals surface area contributed by atoms with Gasteiger partial charge in [-0.3, -0.25) is 9.59 Å². The minimum atomic E-state index is -0.181. The summed E-state index contributed by atoms with van der Waals surface area (Å²) < 4.78 is 3.49. The Balaban J connectivity index is 1.48. The Labute approximate surface area is 202 Å². The molecule has 0 N–H and O–H groups in total. The van der Waals surface area contributed by atoms with Gasteiger partial charge in [0.15, 0.2) is 0 Å². The van der Waals surface area contributed by atoms with Gasteiger partial charge < -0.3 is 9.47 Å². The highest BCUT2D eigenvalue weighted by molar-refractivity contribution is 7.98. The third-order valence-electron chi connectivity index (χ3n) is 6.95. The van der Waals surface area contributed by atoms with Gasteiger partial charge in [0.2, 0.25) is 0 Å². The Kier molecular flexibility index (Phi) is 5.49. The van der Waals surface area contributed by atoms with Crippen molar-refractivity contribution in [3.63, 3.8) is 0 Å². The van der Waals surface area contributed by atoms with Crippen molar-refractivity contribution in [1.29, 1.82) is 0 Å². The summed E-state index contributed by atoms with van der Waals surface area (Å²) in [6.07, 6.45) is 5.54. The molecular weight excluding hydrogens is 444 g/mol. The van der Waals surface area contributed by atoms with Crippen LogP contribution in [0.1, 0.15) is 48.2 Å². The van der Waals surface area contributed by atoms with Crippen molar-refractivity contribution < 1.29 is 4.79 Å². The maximum Gasteiger partial charge on any atom is 0.280 e. The number of hydrogen-bond acceptors (Lipinski definition) is 4. The molecule has 172 valence electrons. The summed E-state index contributed by atoms with van der Waals surface area (Å²) in [5, 5.41) is 4.68. The molecule has 4 aromatic rings. The number of carbonyl (C=O) groups is 1. The summed E-state index contributed by atoms with van der Waals surface area (Å²) in [5.74, 6) is 0.512. The van der Waals surface area contributed by atoms with Crippen molar-refractivity contribution in [2.75, 3.05) is 0 Å². The average molecular weight is 471 g/mol. The molecule has 1 aliphatic carbocycles. The maximum absolute atomic E-state index is 13.7. The predicted molar refractivity (Wildman–Crippen MR) is 134 cm³/mol. The lowest BCUT2D eigenvalue weighted by Crippen LogP contribution is -2.37. The Morgan fingerprint density at radius 3 is 2.35 bits per heavy atom. The van der Waals surface area contributed by atoms with Gasteiger partial charge in [0, 0.05) is 22.6 Å². The van der Waals surface area contributed by atoms with Crippen LogP contribution >= 0.6 is 11.8 Å². The molecule has 6 nitrogen and oxygen atoms in total. The van der Waals surface area contributed by atoms with E-state index in [1.54, 1.807) is 11.8 Å². The lowest BCUT2D eigenvalue weighted by atomic mass is 9.94. The molecule has 0 unspecified atom stereocenters. The topological polar surface area (TPSA) is 59.6 Å². The monoisotopic (exact) mass is 470 g/mol. The summed E-state index contributed by atoms with van der Waals surface area (Å²) in [5.41, 5.74) is 3.26. The molecule has 1 saturated carbocycles. The predicted octanol–water partition coefficient (Wildman–Crippen LogP) is 5.20. The summed E-state index contributed by atoms with van der Waals surface area (Å²) in [6.45, 7) is 0.379. The summed E-state index contributed by atoms with van der Waals surface area (Å²) >= 11 is 1.65. The molecule has 3 heterocycles. The van der Waals surface area contributed by atoms with Crippen LogP contribution in [-0.2, 0) is 12.4 Å². The number of benzene rings is 2. The molecule has 0 spiro atoms. The molecule has 34 heavy (non-hydrogen) atoms. The first-order valence-electron chi connectivity index (χ1n) is 11.9. The normalized spacial score (nSPS) is 16.4. The second kappa shape index (κ2) is 8.80. The van der Waals surface area contributed by atoms with E-state index in [1.807, 2.05) is 64.1 Å². The van der Waals surface area contributed by atoms with Gasteiger partial charge in [0.1, 0.15) is 11.3 Å². The molecule has 0 atom stereocenters. The number of rotatable bonds is 5. The Morgan fingerprint density at radius 2 is 1.62 bits per heavy atom. The molecule has 2 aliphatic rings. The van der Waals surface area contributed by atoms with Crippen LogP contribution in [0.4, 0.5) is 0 Å². The van der Waals surface area contributed by atoms with Crippen molar-refractivity contribution in [3.05, 3.63) is 88.3 Å². The first-order valence-corrected chi connectivity index (χ1v) is 12.9. The van der Waals surface area contributed by atoms with Gasteiger partial charge in [-0.15, -0.1) is 11.8 Å². The Morgan fingerprint density at radius 1 is 0.912 bits per heavy atom. The lowest BCUT2D eigenvalue weighted by molar-refractivity contribution is 0.0653. The molecule has 0 bridgehead atoms. The largest absolute Gasteiger partial charge is 0.330 e. The van der Waals surface area contributed by atoms with E-state index < -0.39 is 0 Å². The van der Waals surface area contributed by atoms with Crippen molar-refractivity contribution >= 4 is 23.3 Å².